The van der Waals surface area contributed by atoms with Crippen LogP contribution in [0.1, 0.15) is 30.1 Å². The number of rotatable bonds is 4. The third-order valence-electron chi connectivity index (χ3n) is 3.90. The lowest BCUT2D eigenvalue weighted by atomic mass is 9.81. The second-order valence-electron chi connectivity index (χ2n) is 5.59. The molecule has 0 atom stereocenters. The van der Waals surface area contributed by atoms with Gasteiger partial charge in [-0.2, -0.15) is 0 Å². The molecule has 0 aliphatic carbocycles. The molecule has 1 heterocycles. The van der Waals surface area contributed by atoms with Crippen molar-refractivity contribution in [2.24, 2.45) is 5.41 Å². The van der Waals surface area contributed by atoms with Crippen molar-refractivity contribution in [1.82, 2.24) is 10.6 Å². The summed E-state index contributed by atoms with van der Waals surface area (Å²) in [5.74, 6) is -0.0781. The van der Waals surface area contributed by atoms with Crippen LogP contribution in [0.5, 0.6) is 0 Å². The zero-order valence-electron chi connectivity index (χ0n) is 12.4. The fourth-order valence-corrected chi connectivity index (χ4v) is 3.04. The van der Waals surface area contributed by atoms with E-state index in [1.807, 2.05) is 18.4 Å². The van der Waals surface area contributed by atoms with Gasteiger partial charge in [0.1, 0.15) is 0 Å². The van der Waals surface area contributed by atoms with Crippen LogP contribution in [-0.4, -0.2) is 31.8 Å². The van der Waals surface area contributed by atoms with Gasteiger partial charge in [0.25, 0.3) is 5.91 Å². The number of hydrogen-bond donors (Lipinski definition) is 2. The van der Waals surface area contributed by atoms with E-state index in [0.29, 0.717) is 17.1 Å². The molecule has 118 valence electrons. The molecule has 1 saturated heterocycles. The molecule has 2 N–H and O–H groups in total. The van der Waals surface area contributed by atoms with Gasteiger partial charge in [-0.3, -0.25) is 4.79 Å². The Morgan fingerprint density at radius 2 is 2.10 bits per heavy atom. The first-order valence-corrected chi connectivity index (χ1v) is 8.47. The second kappa shape index (κ2) is 8.28. The number of carbonyl (C=O) groups excluding carboxylic acids is 1. The first-order chi connectivity index (χ1) is 9.54. The maximum atomic E-state index is 12.3. The fraction of sp³-hybridized carbons (Fsp3) is 0.533. The Labute approximate surface area is 142 Å². The molecule has 0 aromatic heterocycles. The van der Waals surface area contributed by atoms with E-state index in [9.17, 15) is 4.79 Å². The van der Waals surface area contributed by atoms with E-state index in [1.165, 1.54) is 0 Å². The van der Waals surface area contributed by atoms with Crippen LogP contribution in [0.3, 0.4) is 0 Å². The van der Waals surface area contributed by atoms with E-state index in [4.69, 9.17) is 11.6 Å². The fourth-order valence-electron chi connectivity index (χ4n) is 2.40. The van der Waals surface area contributed by atoms with Crippen molar-refractivity contribution in [3.05, 3.63) is 28.8 Å². The highest BCUT2D eigenvalue weighted by molar-refractivity contribution is 7.98. The van der Waals surface area contributed by atoms with E-state index in [2.05, 4.69) is 17.6 Å². The summed E-state index contributed by atoms with van der Waals surface area (Å²) in [7, 11) is 0. The van der Waals surface area contributed by atoms with Crippen molar-refractivity contribution in [3.63, 3.8) is 0 Å². The topological polar surface area (TPSA) is 41.1 Å². The van der Waals surface area contributed by atoms with Crippen molar-refractivity contribution in [2.75, 3.05) is 25.9 Å². The van der Waals surface area contributed by atoms with Crippen LogP contribution in [0.25, 0.3) is 0 Å². The summed E-state index contributed by atoms with van der Waals surface area (Å²) in [5.41, 5.74) is 0.751. The summed E-state index contributed by atoms with van der Waals surface area (Å²) in [5, 5.41) is 6.90. The quantitative estimate of drug-likeness (QED) is 0.816. The summed E-state index contributed by atoms with van der Waals surface area (Å²) in [4.78, 5) is 13.3. The molecule has 6 heteroatoms. The molecule has 0 unspecified atom stereocenters. The summed E-state index contributed by atoms with van der Waals surface area (Å²) < 4.78 is 0. The van der Waals surface area contributed by atoms with Gasteiger partial charge in [0.2, 0.25) is 0 Å². The Hall–Kier alpha value is -0.420. The average molecular weight is 349 g/mol. The van der Waals surface area contributed by atoms with Gasteiger partial charge in [-0.1, -0.05) is 18.5 Å². The van der Waals surface area contributed by atoms with E-state index < -0.39 is 0 Å². The van der Waals surface area contributed by atoms with Gasteiger partial charge in [0.15, 0.2) is 0 Å². The minimum atomic E-state index is -0.0781. The van der Waals surface area contributed by atoms with E-state index >= 15 is 0 Å². The van der Waals surface area contributed by atoms with Crippen LogP contribution in [0.2, 0.25) is 5.02 Å². The normalized spacial score (nSPS) is 16.9. The maximum absolute atomic E-state index is 12.3. The van der Waals surface area contributed by atoms with Crippen molar-refractivity contribution in [1.29, 1.82) is 0 Å². The first-order valence-electron chi connectivity index (χ1n) is 6.86. The lowest BCUT2D eigenvalue weighted by molar-refractivity contribution is 0.0922. The minimum absolute atomic E-state index is 0. The molecule has 0 bridgehead atoms. The number of benzene rings is 1. The Balaban J connectivity index is 0.00000220. The van der Waals surface area contributed by atoms with Gasteiger partial charge >= 0.3 is 0 Å². The van der Waals surface area contributed by atoms with Crippen LogP contribution < -0.4 is 10.6 Å². The monoisotopic (exact) mass is 348 g/mol. The number of amides is 1. The number of carbonyl (C=O) groups is 1. The van der Waals surface area contributed by atoms with Gasteiger partial charge < -0.3 is 10.6 Å². The van der Waals surface area contributed by atoms with Gasteiger partial charge in [-0.05, 0) is 55.8 Å². The van der Waals surface area contributed by atoms with Crippen molar-refractivity contribution < 1.29 is 4.79 Å². The molecule has 1 amide bonds. The minimum Gasteiger partial charge on any atom is -0.351 e. The number of nitrogens with one attached hydrogen (secondary N) is 2. The molecule has 0 radical (unpaired) electrons. The summed E-state index contributed by atoms with van der Waals surface area (Å²) >= 11 is 7.73. The molecule has 2 rings (SSSR count). The van der Waals surface area contributed by atoms with Crippen LogP contribution in [0.4, 0.5) is 0 Å². The Morgan fingerprint density at radius 1 is 1.43 bits per heavy atom. The third kappa shape index (κ3) is 5.06. The molecule has 3 nitrogen and oxygen atoms in total. The average Bonchev–Trinajstić information content (AvgIpc) is 2.46. The summed E-state index contributed by atoms with van der Waals surface area (Å²) in [6.07, 6.45) is 4.17. The lowest BCUT2D eigenvalue weighted by Gasteiger charge is -2.34. The molecule has 1 aliphatic heterocycles. The highest BCUT2D eigenvalue weighted by atomic mass is 35.5. The zero-order valence-corrected chi connectivity index (χ0v) is 14.8. The van der Waals surface area contributed by atoms with Crippen LogP contribution in [0.15, 0.2) is 23.1 Å². The Kier molecular flexibility index (Phi) is 7.34. The standard InChI is InChI=1S/C15H21ClN2OS.ClH/c1-15(5-7-17-8-6-15)10-18-14(19)12-9-11(20-2)3-4-13(12)16;/h3-4,9,17H,5-8,10H2,1-2H3,(H,18,19);1H. The largest absolute Gasteiger partial charge is 0.351 e. The highest BCUT2D eigenvalue weighted by Crippen LogP contribution is 2.27. The van der Waals surface area contributed by atoms with Gasteiger partial charge in [-0.15, -0.1) is 24.2 Å². The number of hydrogen-bond acceptors (Lipinski definition) is 3. The van der Waals surface area contributed by atoms with Gasteiger partial charge in [-0.25, -0.2) is 0 Å². The van der Waals surface area contributed by atoms with E-state index in [-0.39, 0.29) is 23.7 Å². The molecule has 1 aliphatic rings. The summed E-state index contributed by atoms with van der Waals surface area (Å²) in [6, 6.07) is 5.57. The van der Waals surface area contributed by atoms with Gasteiger partial charge in [0, 0.05) is 11.4 Å². The van der Waals surface area contributed by atoms with Crippen LogP contribution in [0, 0.1) is 5.41 Å². The number of piperidine rings is 1. The SMILES string of the molecule is CSc1ccc(Cl)c(C(=O)NCC2(C)CCNCC2)c1.Cl. The third-order valence-corrected chi connectivity index (χ3v) is 4.96. The molecule has 1 aromatic rings. The van der Waals surface area contributed by atoms with E-state index in [0.717, 1.165) is 30.8 Å². The predicted molar refractivity (Wildman–Crippen MR) is 93.0 cm³/mol. The first kappa shape index (κ1) is 18.6. The van der Waals surface area contributed by atoms with Crippen LogP contribution in [-0.2, 0) is 0 Å². The summed E-state index contributed by atoms with van der Waals surface area (Å²) in [6.45, 7) is 4.98. The van der Waals surface area contributed by atoms with E-state index in [1.54, 1.807) is 17.8 Å². The van der Waals surface area contributed by atoms with Crippen LogP contribution >= 0.6 is 35.8 Å². The molecule has 1 aromatic carbocycles. The number of thioether (sulfide) groups is 1. The number of halogens is 2. The lowest BCUT2D eigenvalue weighted by Crippen LogP contribution is -2.42. The highest BCUT2D eigenvalue weighted by Gasteiger charge is 2.27. The molecule has 21 heavy (non-hydrogen) atoms. The Bertz CT molecular complexity index is 491. The Morgan fingerprint density at radius 3 is 2.71 bits per heavy atom. The van der Waals surface area contributed by atoms with Crippen molar-refractivity contribution in [2.45, 2.75) is 24.7 Å². The van der Waals surface area contributed by atoms with Crippen molar-refractivity contribution in [3.8, 4) is 0 Å². The second-order valence-corrected chi connectivity index (χ2v) is 6.88. The maximum Gasteiger partial charge on any atom is 0.252 e. The predicted octanol–water partition coefficient (Wildman–Crippen LogP) is 3.60. The molecule has 0 saturated carbocycles. The smallest absolute Gasteiger partial charge is 0.252 e. The van der Waals surface area contributed by atoms with Crippen molar-refractivity contribution >= 4 is 41.7 Å². The molecular formula is C15H22Cl2N2OS. The van der Waals surface area contributed by atoms with Gasteiger partial charge in [0.05, 0.1) is 10.6 Å². The zero-order chi connectivity index (χ0) is 14.6. The molecule has 0 spiro atoms. The molecule has 1 fully saturated rings. The molecular weight excluding hydrogens is 327 g/mol.